The van der Waals surface area contributed by atoms with Crippen molar-refractivity contribution in [2.45, 2.75) is 19.4 Å². The van der Waals surface area contributed by atoms with Crippen LogP contribution in [0, 0.1) is 0 Å². The normalized spacial score (nSPS) is 16.4. The Kier molecular flexibility index (Phi) is 20.6. The van der Waals surface area contributed by atoms with E-state index in [1.54, 1.807) is 60.4 Å². The summed E-state index contributed by atoms with van der Waals surface area (Å²) in [6.07, 6.45) is 0. The lowest BCUT2D eigenvalue weighted by Crippen LogP contribution is -2.48. The molecule has 4 aliphatic rings. The van der Waals surface area contributed by atoms with E-state index in [9.17, 15) is 28.8 Å². The van der Waals surface area contributed by atoms with Crippen LogP contribution in [0.1, 0.15) is 56.8 Å². The van der Waals surface area contributed by atoms with Crippen LogP contribution < -0.4 is 31.1 Å². The van der Waals surface area contributed by atoms with Gasteiger partial charge in [-0.25, -0.2) is 9.59 Å². The number of hydrogen-bond donors (Lipinski definition) is 3. The molecule has 0 atom stereocenters. The summed E-state index contributed by atoms with van der Waals surface area (Å²) in [5, 5.41) is 6.56. The number of benzene rings is 6. The second kappa shape index (κ2) is 28.2. The summed E-state index contributed by atoms with van der Waals surface area (Å²) in [6, 6.07) is 44.6. The minimum absolute atomic E-state index is 0.0583. The van der Waals surface area contributed by atoms with Gasteiger partial charge >= 0.3 is 11.9 Å². The highest BCUT2D eigenvalue weighted by atomic mass is 16.5. The maximum Gasteiger partial charge on any atom is 0.337 e. The van der Waals surface area contributed by atoms with Gasteiger partial charge < -0.3 is 55.1 Å². The molecule has 4 amide bonds. The predicted octanol–water partition coefficient (Wildman–Crippen LogP) is 7.88. The van der Waals surface area contributed by atoms with Gasteiger partial charge in [0.05, 0.1) is 67.9 Å². The SMILES string of the molecule is CN1CCN(CC(=O)N(C)c2ccc(N)cc2)CC1.COC(=O)c1ccc2c(c1)N(C)C(=O)/C2=C(\OC)c1ccccc1.COC(=O)c1ccc2c(c1)NC(=O)/C2=C(/c1ccccc1)C(C)(C)Nc1ccc(N(C)C(=O)CN2CCN(C)CC2)cc1. The van der Waals surface area contributed by atoms with Gasteiger partial charge in [-0.2, -0.15) is 0 Å². The number of carbonyl (C=O) groups is 6. The molecule has 0 aromatic heterocycles. The molecule has 4 aliphatic heterocycles. The van der Waals surface area contributed by atoms with Gasteiger partial charge in [-0.05, 0) is 112 Å². The van der Waals surface area contributed by atoms with Gasteiger partial charge in [0.15, 0.2) is 0 Å². The molecule has 86 heavy (non-hydrogen) atoms. The van der Waals surface area contributed by atoms with E-state index in [-0.39, 0.29) is 23.6 Å². The van der Waals surface area contributed by atoms with E-state index < -0.39 is 17.5 Å². The highest BCUT2D eigenvalue weighted by Gasteiger charge is 2.37. The zero-order valence-corrected chi connectivity index (χ0v) is 50.8. The number of piperazine rings is 2. The molecule has 4 N–H and O–H groups in total. The second-order valence-corrected chi connectivity index (χ2v) is 22.1. The van der Waals surface area contributed by atoms with Crippen molar-refractivity contribution in [1.29, 1.82) is 0 Å². The molecule has 2 saturated heterocycles. The number of fused-ring (bicyclic) bond motifs is 2. The average molecular weight is 1170 g/mol. The summed E-state index contributed by atoms with van der Waals surface area (Å²) in [5.41, 5.74) is 15.2. The number of rotatable bonds is 14. The number of hydrogen-bond acceptors (Lipinski definition) is 15. The summed E-state index contributed by atoms with van der Waals surface area (Å²) in [4.78, 5) is 89.2. The number of esters is 2. The third-order valence-corrected chi connectivity index (χ3v) is 15.8. The van der Waals surface area contributed by atoms with E-state index in [1.807, 2.05) is 137 Å². The third-order valence-electron chi connectivity index (χ3n) is 15.8. The molecule has 19 heteroatoms. The molecule has 6 aromatic carbocycles. The van der Waals surface area contributed by atoms with E-state index in [0.717, 1.165) is 97.2 Å². The third kappa shape index (κ3) is 14.8. The fourth-order valence-electron chi connectivity index (χ4n) is 10.7. The van der Waals surface area contributed by atoms with E-state index in [2.05, 4.69) is 44.3 Å². The number of nitrogens with two attached hydrogens (primary N) is 1. The first-order chi connectivity index (χ1) is 41.2. The van der Waals surface area contributed by atoms with Crippen LogP contribution in [0.15, 0.2) is 146 Å². The number of ether oxygens (including phenoxy) is 3. The minimum Gasteiger partial charge on any atom is -0.495 e. The van der Waals surface area contributed by atoms with Crippen LogP contribution in [-0.4, -0.2) is 183 Å². The molecule has 19 nitrogen and oxygen atoms in total. The molecule has 0 radical (unpaired) electrons. The summed E-state index contributed by atoms with van der Waals surface area (Å²) in [5.74, 6) is -0.621. The standard InChI is InChI=1S/C34H39N5O4.C19H17NO4.C14H22N4O/c1-34(2,36-25-12-14-26(15-13-25)38(4)29(40)22-39-19-17-37(3)18-20-39)31(23-9-7-6-8-10-23)30-27-16-11-24(33(42)43-5)21-28(27)35-32(30)41;1-20-15-11-13(19(22)24-3)9-10-14(15)16(18(20)21)17(23-2)12-7-5-4-6-8-12;1-16-7-9-18(10-8-16)11-14(19)17(2)13-5-3-12(15)4-6-13/h6-16,21,36H,17-20,22H2,1-5H3,(H,35,41);4-11H,1-3H3;3-6H,7-11,15H2,1-2H3/b31-30-;17-16-;. The van der Waals surface area contributed by atoms with Crippen molar-refractivity contribution in [3.63, 3.8) is 0 Å². The monoisotopic (exact) mass is 1170 g/mol. The van der Waals surface area contributed by atoms with Crippen molar-refractivity contribution in [3.05, 3.63) is 179 Å². The Morgan fingerprint density at radius 2 is 1.02 bits per heavy atom. The van der Waals surface area contributed by atoms with Gasteiger partial charge in [0.1, 0.15) is 5.76 Å². The van der Waals surface area contributed by atoms with Gasteiger partial charge in [-0.3, -0.25) is 29.0 Å². The second-order valence-electron chi connectivity index (χ2n) is 22.1. The summed E-state index contributed by atoms with van der Waals surface area (Å²) < 4.78 is 15.1. The van der Waals surface area contributed by atoms with Gasteiger partial charge in [0.2, 0.25) is 11.8 Å². The molecule has 0 aliphatic carbocycles. The molecule has 0 spiro atoms. The summed E-state index contributed by atoms with van der Waals surface area (Å²) >= 11 is 0. The number of nitrogen functional groups attached to an aromatic ring is 1. The molecular weight excluding hydrogens is 1090 g/mol. The Hall–Kier alpha value is -9.14. The van der Waals surface area contributed by atoms with Crippen LogP contribution in [-0.2, 0) is 33.4 Å². The van der Waals surface area contributed by atoms with Crippen molar-refractivity contribution in [2.75, 3.05) is 153 Å². The van der Waals surface area contributed by atoms with Crippen LogP contribution in [0.25, 0.3) is 22.5 Å². The number of anilines is 6. The number of methoxy groups -OCH3 is 3. The van der Waals surface area contributed by atoms with Gasteiger partial charge in [0, 0.05) is 119 Å². The van der Waals surface area contributed by atoms with Crippen LogP contribution >= 0.6 is 0 Å². The molecular formula is C67H78N10O9. The Morgan fingerprint density at radius 1 is 0.558 bits per heavy atom. The first kappa shape index (κ1) is 62.9. The van der Waals surface area contributed by atoms with Crippen molar-refractivity contribution in [2.24, 2.45) is 0 Å². The molecule has 4 heterocycles. The largest absolute Gasteiger partial charge is 0.495 e. The Labute approximate surface area is 504 Å². The number of nitrogens with one attached hydrogen (secondary N) is 2. The number of amides is 4. The van der Waals surface area contributed by atoms with E-state index in [4.69, 9.17) is 19.9 Å². The molecule has 450 valence electrons. The van der Waals surface area contributed by atoms with Gasteiger partial charge in [-0.1, -0.05) is 72.8 Å². The quantitative estimate of drug-likeness (QED) is 0.0411. The molecule has 2 fully saturated rings. The Bertz CT molecular complexity index is 3480. The zero-order chi connectivity index (χ0) is 61.8. The van der Waals surface area contributed by atoms with Crippen LogP contribution in [0.5, 0.6) is 0 Å². The number of likely N-dealkylation sites (N-methyl/N-ethyl adjacent to an activating group) is 5. The molecule has 0 bridgehead atoms. The lowest BCUT2D eigenvalue weighted by atomic mass is 9.82. The molecule has 10 rings (SSSR count). The number of nitrogens with zero attached hydrogens (tertiary/aromatic N) is 7. The fraction of sp³-hybridized carbons (Fsp3) is 0.313. The zero-order valence-electron chi connectivity index (χ0n) is 50.8. The van der Waals surface area contributed by atoms with E-state index in [0.29, 0.717) is 58.2 Å². The first-order valence-corrected chi connectivity index (χ1v) is 28.5. The van der Waals surface area contributed by atoms with E-state index in [1.165, 1.54) is 19.1 Å². The molecule has 0 saturated carbocycles. The minimum atomic E-state index is -0.693. The maximum atomic E-state index is 13.5. The Balaban J connectivity index is 0.000000187. The first-order valence-electron chi connectivity index (χ1n) is 28.5. The van der Waals surface area contributed by atoms with Gasteiger partial charge in [0.25, 0.3) is 11.8 Å². The fourth-order valence-corrected chi connectivity index (χ4v) is 10.7. The molecule has 0 unspecified atom stereocenters. The van der Waals surface area contributed by atoms with Crippen LogP contribution in [0.3, 0.4) is 0 Å². The van der Waals surface area contributed by atoms with Gasteiger partial charge in [-0.15, -0.1) is 0 Å². The van der Waals surface area contributed by atoms with Crippen LogP contribution in [0.2, 0.25) is 0 Å². The smallest absolute Gasteiger partial charge is 0.337 e. The summed E-state index contributed by atoms with van der Waals surface area (Å²) in [6.45, 7) is 12.6. The molecule has 6 aromatic rings. The van der Waals surface area contributed by atoms with Crippen LogP contribution in [0.4, 0.5) is 34.1 Å². The van der Waals surface area contributed by atoms with Crippen molar-refractivity contribution in [1.82, 2.24) is 19.6 Å². The Morgan fingerprint density at radius 3 is 1.51 bits per heavy atom. The van der Waals surface area contributed by atoms with E-state index >= 15 is 0 Å². The van der Waals surface area contributed by atoms with Crippen molar-refractivity contribution < 1.29 is 43.0 Å². The topological polar surface area (TPSA) is 203 Å². The maximum absolute atomic E-state index is 13.5. The number of carbonyl (C=O) groups excluding carboxylic acids is 6. The average Bonchev–Trinajstić information content (AvgIpc) is 1.94. The highest BCUT2D eigenvalue weighted by molar-refractivity contribution is 6.38. The predicted molar refractivity (Wildman–Crippen MR) is 341 cm³/mol. The highest BCUT2D eigenvalue weighted by Crippen LogP contribution is 2.44. The lowest BCUT2D eigenvalue weighted by molar-refractivity contribution is -0.120. The van der Waals surface area contributed by atoms with Crippen molar-refractivity contribution >= 4 is 92.2 Å². The lowest BCUT2D eigenvalue weighted by Gasteiger charge is -2.33. The summed E-state index contributed by atoms with van der Waals surface area (Å²) in [7, 11) is 13.7. The van der Waals surface area contributed by atoms with Crippen molar-refractivity contribution in [3.8, 4) is 0 Å².